The van der Waals surface area contributed by atoms with E-state index < -0.39 is 0 Å². The lowest BCUT2D eigenvalue weighted by atomic mass is 10.2. The Bertz CT molecular complexity index is 369. The number of hydrogen-bond donors (Lipinski definition) is 2. The molecule has 0 aromatic heterocycles. The van der Waals surface area contributed by atoms with Crippen LogP contribution >= 0.6 is 0 Å². The Balaban J connectivity index is 2.19. The van der Waals surface area contributed by atoms with E-state index >= 15 is 0 Å². The predicted octanol–water partition coefficient (Wildman–Crippen LogP) is 1.48. The zero-order chi connectivity index (χ0) is 19.0. The van der Waals surface area contributed by atoms with Gasteiger partial charge in [0.1, 0.15) is 0 Å². The molecule has 2 unspecified atom stereocenters. The third kappa shape index (κ3) is 10.3. The highest BCUT2D eigenvalue weighted by atomic mass is 16.5. The van der Waals surface area contributed by atoms with Crippen molar-refractivity contribution in [2.75, 3.05) is 65.8 Å². The molecule has 0 saturated carbocycles. The Morgan fingerprint density at radius 2 is 1.96 bits per heavy atom. The van der Waals surface area contributed by atoms with Crippen molar-refractivity contribution in [2.24, 2.45) is 4.99 Å². The van der Waals surface area contributed by atoms with Gasteiger partial charge in [0, 0.05) is 38.3 Å². The van der Waals surface area contributed by atoms with Gasteiger partial charge in [0.2, 0.25) is 0 Å². The van der Waals surface area contributed by atoms with Crippen LogP contribution < -0.4 is 10.6 Å². The SMILES string of the molecule is CCCCOCCOCCNC(=NCC(C)N1CCOCC1C)NCC. The predicted molar refractivity (Wildman–Crippen MR) is 107 cm³/mol. The molecule has 0 bridgehead atoms. The zero-order valence-electron chi connectivity index (χ0n) is 17.3. The molecule has 0 aliphatic carbocycles. The number of rotatable bonds is 13. The minimum absolute atomic E-state index is 0.404. The summed E-state index contributed by atoms with van der Waals surface area (Å²) in [5.74, 6) is 0.850. The summed E-state index contributed by atoms with van der Waals surface area (Å²) >= 11 is 0. The summed E-state index contributed by atoms with van der Waals surface area (Å²) in [4.78, 5) is 7.19. The van der Waals surface area contributed by atoms with Crippen LogP contribution in [0, 0.1) is 0 Å². The lowest BCUT2D eigenvalue weighted by molar-refractivity contribution is -0.0165. The third-order valence-corrected chi connectivity index (χ3v) is 4.40. The second kappa shape index (κ2) is 15.2. The molecule has 1 saturated heterocycles. The maximum Gasteiger partial charge on any atom is 0.191 e. The van der Waals surface area contributed by atoms with Crippen LogP contribution in [-0.2, 0) is 14.2 Å². The molecule has 1 aliphatic rings. The Hall–Kier alpha value is -0.890. The standard InChI is InChI=1S/C19H40N4O3/c1-5-7-10-24-13-14-25-11-8-21-19(20-6-2)22-15-17(3)23-9-12-26-16-18(23)4/h17-18H,5-16H2,1-4H3,(H2,20,21,22). The molecule has 0 aromatic rings. The average Bonchev–Trinajstić information content (AvgIpc) is 2.64. The van der Waals surface area contributed by atoms with E-state index in [9.17, 15) is 0 Å². The first-order valence-corrected chi connectivity index (χ1v) is 10.2. The van der Waals surface area contributed by atoms with Crippen LogP contribution in [-0.4, -0.2) is 88.8 Å². The summed E-state index contributed by atoms with van der Waals surface area (Å²) in [6, 6.07) is 0.860. The quantitative estimate of drug-likeness (QED) is 0.290. The Labute approximate surface area is 159 Å². The van der Waals surface area contributed by atoms with Gasteiger partial charge >= 0.3 is 0 Å². The topological polar surface area (TPSA) is 67.4 Å². The van der Waals surface area contributed by atoms with Gasteiger partial charge in [-0.1, -0.05) is 13.3 Å². The second-order valence-electron chi connectivity index (χ2n) is 6.74. The summed E-state index contributed by atoms with van der Waals surface area (Å²) in [6.07, 6.45) is 2.28. The van der Waals surface area contributed by atoms with Crippen LogP contribution in [0.2, 0.25) is 0 Å². The molecule has 154 valence electrons. The monoisotopic (exact) mass is 372 g/mol. The van der Waals surface area contributed by atoms with E-state index in [0.29, 0.717) is 31.9 Å². The van der Waals surface area contributed by atoms with E-state index in [1.807, 2.05) is 0 Å². The number of aliphatic imine (C=N–C) groups is 1. The molecule has 2 atom stereocenters. The van der Waals surface area contributed by atoms with Crippen molar-refractivity contribution in [1.29, 1.82) is 0 Å². The van der Waals surface area contributed by atoms with Gasteiger partial charge in [0.15, 0.2) is 5.96 Å². The molecule has 1 fully saturated rings. The molecule has 1 heterocycles. The average molecular weight is 373 g/mol. The van der Waals surface area contributed by atoms with Gasteiger partial charge in [-0.25, -0.2) is 0 Å². The van der Waals surface area contributed by atoms with Crippen molar-refractivity contribution < 1.29 is 14.2 Å². The molecular formula is C19H40N4O3. The number of ether oxygens (including phenoxy) is 3. The van der Waals surface area contributed by atoms with E-state index in [2.05, 4.69) is 43.2 Å². The molecule has 2 N–H and O–H groups in total. The summed E-state index contributed by atoms with van der Waals surface area (Å²) in [5.41, 5.74) is 0. The van der Waals surface area contributed by atoms with Crippen LogP contribution in [0.3, 0.4) is 0 Å². The number of unbranched alkanes of at least 4 members (excludes halogenated alkanes) is 1. The molecule has 0 amide bonds. The normalized spacial score (nSPS) is 20.2. The third-order valence-electron chi connectivity index (χ3n) is 4.40. The van der Waals surface area contributed by atoms with Crippen molar-refractivity contribution in [2.45, 2.75) is 52.6 Å². The minimum atomic E-state index is 0.404. The van der Waals surface area contributed by atoms with Gasteiger partial charge in [-0.05, 0) is 27.2 Å². The highest BCUT2D eigenvalue weighted by molar-refractivity contribution is 5.79. The van der Waals surface area contributed by atoms with Gasteiger partial charge in [-0.2, -0.15) is 0 Å². The van der Waals surface area contributed by atoms with Gasteiger partial charge < -0.3 is 24.8 Å². The fraction of sp³-hybridized carbons (Fsp3) is 0.947. The van der Waals surface area contributed by atoms with E-state index in [1.165, 1.54) is 6.42 Å². The molecule has 7 nitrogen and oxygen atoms in total. The fourth-order valence-corrected chi connectivity index (χ4v) is 2.87. The van der Waals surface area contributed by atoms with Gasteiger partial charge in [-0.3, -0.25) is 9.89 Å². The number of nitrogens with one attached hydrogen (secondary N) is 2. The van der Waals surface area contributed by atoms with Gasteiger partial charge in [-0.15, -0.1) is 0 Å². The zero-order valence-corrected chi connectivity index (χ0v) is 17.3. The van der Waals surface area contributed by atoms with E-state index in [-0.39, 0.29) is 0 Å². The van der Waals surface area contributed by atoms with Crippen molar-refractivity contribution in [3.63, 3.8) is 0 Å². The highest BCUT2D eigenvalue weighted by Crippen LogP contribution is 2.10. The van der Waals surface area contributed by atoms with Crippen LogP contribution in [0.5, 0.6) is 0 Å². The Morgan fingerprint density at radius 1 is 1.19 bits per heavy atom. The molecule has 0 radical (unpaired) electrons. The van der Waals surface area contributed by atoms with E-state index in [0.717, 1.165) is 58.4 Å². The van der Waals surface area contributed by atoms with Crippen LogP contribution in [0.25, 0.3) is 0 Å². The van der Waals surface area contributed by atoms with Crippen LogP contribution in [0.15, 0.2) is 4.99 Å². The fourth-order valence-electron chi connectivity index (χ4n) is 2.87. The maximum atomic E-state index is 5.58. The summed E-state index contributed by atoms with van der Waals surface area (Å²) < 4.78 is 16.6. The second-order valence-corrected chi connectivity index (χ2v) is 6.74. The summed E-state index contributed by atoms with van der Waals surface area (Å²) in [6.45, 7) is 16.4. The Kier molecular flexibility index (Phi) is 13.5. The minimum Gasteiger partial charge on any atom is -0.379 e. The molecule has 7 heteroatoms. The maximum absolute atomic E-state index is 5.58. The van der Waals surface area contributed by atoms with Crippen molar-refractivity contribution in [3.8, 4) is 0 Å². The van der Waals surface area contributed by atoms with Crippen molar-refractivity contribution in [3.05, 3.63) is 0 Å². The summed E-state index contributed by atoms with van der Waals surface area (Å²) in [7, 11) is 0. The molecule has 26 heavy (non-hydrogen) atoms. The number of guanidine groups is 1. The molecular weight excluding hydrogens is 332 g/mol. The molecule has 1 aliphatic heterocycles. The Morgan fingerprint density at radius 3 is 2.65 bits per heavy atom. The first-order valence-electron chi connectivity index (χ1n) is 10.2. The summed E-state index contributed by atoms with van der Waals surface area (Å²) in [5, 5.41) is 6.62. The smallest absolute Gasteiger partial charge is 0.191 e. The molecule has 0 aromatic carbocycles. The van der Waals surface area contributed by atoms with E-state index in [1.54, 1.807) is 0 Å². The van der Waals surface area contributed by atoms with Crippen LogP contribution in [0.4, 0.5) is 0 Å². The lowest BCUT2D eigenvalue weighted by Gasteiger charge is -2.37. The first-order chi connectivity index (χ1) is 12.7. The lowest BCUT2D eigenvalue weighted by Crippen LogP contribution is -2.49. The van der Waals surface area contributed by atoms with Gasteiger partial charge in [0.05, 0.1) is 39.6 Å². The van der Waals surface area contributed by atoms with Crippen LogP contribution in [0.1, 0.15) is 40.5 Å². The van der Waals surface area contributed by atoms with Crippen molar-refractivity contribution >= 4 is 5.96 Å². The van der Waals surface area contributed by atoms with Crippen molar-refractivity contribution in [1.82, 2.24) is 15.5 Å². The molecule has 1 rings (SSSR count). The molecule has 0 spiro atoms. The number of hydrogen-bond acceptors (Lipinski definition) is 5. The van der Waals surface area contributed by atoms with Gasteiger partial charge in [0.25, 0.3) is 0 Å². The first kappa shape index (κ1) is 23.1. The largest absolute Gasteiger partial charge is 0.379 e. The number of morpholine rings is 1. The van der Waals surface area contributed by atoms with E-state index in [4.69, 9.17) is 19.2 Å². The highest BCUT2D eigenvalue weighted by Gasteiger charge is 2.23. The number of nitrogens with zero attached hydrogens (tertiary/aromatic N) is 2.